The number of hydrogen-bond donors (Lipinski definition) is 3. The molecular weight excluding hydrogens is 252 g/mol. The van der Waals surface area contributed by atoms with E-state index in [9.17, 15) is 9.59 Å². The van der Waals surface area contributed by atoms with Gasteiger partial charge in [-0.3, -0.25) is 9.59 Å². The lowest BCUT2D eigenvalue weighted by molar-refractivity contribution is -0.138. The zero-order chi connectivity index (χ0) is 13.8. The van der Waals surface area contributed by atoms with Gasteiger partial charge in [-0.2, -0.15) is 0 Å². The van der Waals surface area contributed by atoms with E-state index in [4.69, 9.17) is 5.11 Å². The van der Waals surface area contributed by atoms with Gasteiger partial charge < -0.3 is 20.3 Å². The monoisotopic (exact) mass is 264 g/mol. The van der Waals surface area contributed by atoms with Crippen LogP contribution in [0.2, 0.25) is 0 Å². The Hall–Kier alpha value is -2.71. The first-order valence-corrected chi connectivity index (χ1v) is 5.44. The molecule has 0 aliphatic carbocycles. The average Bonchev–Trinajstić information content (AvgIpc) is 2.79. The number of imidazole rings is 1. The van der Waals surface area contributed by atoms with Crippen LogP contribution in [0, 0.1) is 0 Å². The molecule has 2 rings (SSSR count). The van der Waals surface area contributed by atoms with Crippen LogP contribution in [0.25, 0.3) is 11.2 Å². The Morgan fingerprint density at radius 1 is 1.37 bits per heavy atom. The molecule has 2 heterocycles. The summed E-state index contributed by atoms with van der Waals surface area (Å²) in [4.78, 5) is 34.0. The summed E-state index contributed by atoms with van der Waals surface area (Å²) in [5, 5.41) is 13.6. The highest BCUT2D eigenvalue weighted by Crippen LogP contribution is 2.17. The van der Waals surface area contributed by atoms with Gasteiger partial charge in [-0.1, -0.05) is 0 Å². The fraction of sp³-hybridized carbons (Fsp3) is 0.300. The number of rotatable bonds is 5. The normalized spacial score (nSPS) is 10.4. The molecule has 19 heavy (non-hydrogen) atoms. The second-order valence-corrected chi connectivity index (χ2v) is 3.69. The van der Waals surface area contributed by atoms with E-state index in [0.717, 1.165) is 0 Å². The van der Waals surface area contributed by atoms with E-state index in [0.29, 0.717) is 17.0 Å². The molecule has 0 unspecified atom stereocenters. The molecule has 0 fully saturated rings. The highest BCUT2D eigenvalue weighted by atomic mass is 16.4. The fourth-order valence-electron chi connectivity index (χ4n) is 1.60. The van der Waals surface area contributed by atoms with E-state index < -0.39 is 18.4 Å². The summed E-state index contributed by atoms with van der Waals surface area (Å²) in [7, 11) is 1.70. The third kappa shape index (κ3) is 2.76. The second kappa shape index (κ2) is 5.29. The van der Waals surface area contributed by atoms with Crippen LogP contribution in [-0.4, -0.2) is 50.1 Å². The van der Waals surface area contributed by atoms with Crippen LogP contribution >= 0.6 is 0 Å². The smallest absolute Gasteiger partial charge is 0.322 e. The molecular formula is C10H12N6O3. The summed E-state index contributed by atoms with van der Waals surface area (Å²) < 4.78 is 1.55. The molecule has 0 aliphatic heterocycles. The highest BCUT2D eigenvalue weighted by Gasteiger charge is 2.12. The Balaban J connectivity index is 2.21. The van der Waals surface area contributed by atoms with Crippen molar-refractivity contribution in [1.82, 2.24) is 24.8 Å². The van der Waals surface area contributed by atoms with Crippen molar-refractivity contribution in [3.63, 3.8) is 0 Å². The molecule has 0 spiro atoms. The van der Waals surface area contributed by atoms with E-state index in [1.54, 1.807) is 11.6 Å². The van der Waals surface area contributed by atoms with Crippen molar-refractivity contribution in [3.05, 3.63) is 12.7 Å². The van der Waals surface area contributed by atoms with Gasteiger partial charge in [0.25, 0.3) is 0 Å². The zero-order valence-electron chi connectivity index (χ0n) is 10.1. The number of carboxylic acid groups (broad SMARTS) is 1. The van der Waals surface area contributed by atoms with Crippen molar-refractivity contribution in [2.24, 2.45) is 0 Å². The van der Waals surface area contributed by atoms with Gasteiger partial charge in [-0.15, -0.1) is 0 Å². The number of amides is 1. The van der Waals surface area contributed by atoms with E-state index in [2.05, 4.69) is 25.6 Å². The number of carboxylic acids is 1. The summed E-state index contributed by atoms with van der Waals surface area (Å²) in [6, 6.07) is 0. The molecule has 3 N–H and O–H groups in total. The van der Waals surface area contributed by atoms with E-state index in [-0.39, 0.29) is 6.54 Å². The molecule has 9 nitrogen and oxygen atoms in total. The van der Waals surface area contributed by atoms with Gasteiger partial charge in [0.2, 0.25) is 5.91 Å². The van der Waals surface area contributed by atoms with Crippen LogP contribution in [0.15, 0.2) is 12.7 Å². The van der Waals surface area contributed by atoms with E-state index in [1.165, 1.54) is 12.7 Å². The minimum atomic E-state index is -1.09. The molecule has 100 valence electrons. The van der Waals surface area contributed by atoms with Crippen LogP contribution in [0.4, 0.5) is 5.82 Å². The van der Waals surface area contributed by atoms with E-state index in [1.807, 2.05) is 0 Å². The first-order valence-electron chi connectivity index (χ1n) is 5.44. The standard InChI is InChI=1S/C10H12N6O3/c1-11-9-8-10(14-4-13-9)15-5-16(8)3-6(17)12-2-7(18)19/h4-5H,2-3H2,1H3,(H,12,17)(H,18,19)(H,11,13,14). The number of nitrogens with zero attached hydrogens (tertiary/aromatic N) is 4. The van der Waals surface area contributed by atoms with Gasteiger partial charge in [0.05, 0.1) is 6.33 Å². The molecule has 2 aromatic heterocycles. The van der Waals surface area contributed by atoms with Crippen molar-refractivity contribution in [2.45, 2.75) is 6.54 Å². The van der Waals surface area contributed by atoms with Gasteiger partial charge in [0.15, 0.2) is 11.5 Å². The number of fused-ring (bicyclic) bond motifs is 1. The maximum absolute atomic E-state index is 11.6. The van der Waals surface area contributed by atoms with Crippen molar-refractivity contribution in [3.8, 4) is 0 Å². The molecule has 9 heteroatoms. The van der Waals surface area contributed by atoms with Crippen LogP contribution in [0.1, 0.15) is 0 Å². The number of aromatic nitrogens is 4. The van der Waals surface area contributed by atoms with Gasteiger partial charge in [0.1, 0.15) is 24.9 Å². The predicted octanol–water partition coefficient (Wildman–Crippen LogP) is -0.931. The van der Waals surface area contributed by atoms with E-state index >= 15 is 0 Å². The third-order valence-corrected chi connectivity index (χ3v) is 2.40. The van der Waals surface area contributed by atoms with Crippen molar-refractivity contribution in [1.29, 1.82) is 0 Å². The minimum Gasteiger partial charge on any atom is -0.480 e. The molecule has 2 aromatic rings. The topological polar surface area (TPSA) is 122 Å². The van der Waals surface area contributed by atoms with Crippen LogP contribution in [0.3, 0.4) is 0 Å². The maximum atomic E-state index is 11.6. The van der Waals surface area contributed by atoms with Gasteiger partial charge >= 0.3 is 5.97 Å². The molecule has 0 saturated heterocycles. The fourth-order valence-corrected chi connectivity index (χ4v) is 1.60. The lowest BCUT2D eigenvalue weighted by atomic mass is 10.4. The molecule has 0 bridgehead atoms. The SMILES string of the molecule is CNc1ncnc2ncn(CC(=O)NCC(=O)O)c12. The molecule has 0 aromatic carbocycles. The summed E-state index contributed by atoms with van der Waals surface area (Å²) in [5.41, 5.74) is 1.06. The Morgan fingerprint density at radius 3 is 2.84 bits per heavy atom. The van der Waals surface area contributed by atoms with Gasteiger partial charge in [0, 0.05) is 7.05 Å². The number of carbonyl (C=O) groups is 2. The number of nitrogens with one attached hydrogen (secondary N) is 2. The molecule has 1 amide bonds. The molecule has 0 radical (unpaired) electrons. The minimum absolute atomic E-state index is 0.0498. The number of hydrogen-bond acceptors (Lipinski definition) is 6. The lowest BCUT2D eigenvalue weighted by Crippen LogP contribution is -2.32. The molecule has 0 atom stereocenters. The molecule has 0 saturated carbocycles. The first kappa shape index (κ1) is 12.7. The summed E-state index contributed by atoms with van der Waals surface area (Å²) >= 11 is 0. The summed E-state index contributed by atoms with van der Waals surface area (Å²) in [6.07, 6.45) is 2.83. The number of aliphatic carboxylic acids is 1. The largest absolute Gasteiger partial charge is 0.480 e. The summed E-state index contributed by atoms with van der Waals surface area (Å²) in [5.74, 6) is -0.968. The number of carbonyl (C=O) groups excluding carboxylic acids is 1. The van der Waals surface area contributed by atoms with Crippen LogP contribution < -0.4 is 10.6 Å². The summed E-state index contributed by atoms with van der Waals surface area (Å²) in [6.45, 7) is -0.466. The Bertz CT molecular complexity index is 623. The Labute approximate surface area is 107 Å². The highest BCUT2D eigenvalue weighted by molar-refractivity contribution is 5.86. The second-order valence-electron chi connectivity index (χ2n) is 3.69. The van der Waals surface area contributed by atoms with Crippen molar-refractivity contribution < 1.29 is 14.7 Å². The zero-order valence-corrected chi connectivity index (χ0v) is 10.1. The predicted molar refractivity (Wildman–Crippen MR) is 65.5 cm³/mol. The average molecular weight is 264 g/mol. The number of anilines is 1. The maximum Gasteiger partial charge on any atom is 0.322 e. The first-order chi connectivity index (χ1) is 9.11. The van der Waals surface area contributed by atoms with Crippen LogP contribution in [-0.2, 0) is 16.1 Å². The molecule has 0 aliphatic rings. The van der Waals surface area contributed by atoms with Gasteiger partial charge in [-0.05, 0) is 0 Å². The Kier molecular flexibility index (Phi) is 3.55. The third-order valence-electron chi connectivity index (χ3n) is 2.40. The Morgan fingerprint density at radius 2 is 2.16 bits per heavy atom. The quantitative estimate of drug-likeness (QED) is 0.637. The lowest BCUT2D eigenvalue weighted by Gasteiger charge is -2.06. The van der Waals surface area contributed by atoms with Crippen LogP contribution in [0.5, 0.6) is 0 Å². The van der Waals surface area contributed by atoms with Crippen molar-refractivity contribution >= 4 is 28.9 Å². The van der Waals surface area contributed by atoms with Crippen molar-refractivity contribution in [2.75, 3.05) is 18.9 Å². The van der Waals surface area contributed by atoms with Gasteiger partial charge in [-0.25, -0.2) is 15.0 Å².